The molecule has 0 atom stereocenters. The molecule has 5 nitrogen and oxygen atoms in total. The maximum atomic E-state index is 12.0. The number of aromatic amines is 1. The molecule has 2 aromatic rings. The highest BCUT2D eigenvalue weighted by atomic mass is 16.1. The number of H-pyrrole nitrogens is 1. The molecule has 0 bridgehead atoms. The van der Waals surface area contributed by atoms with E-state index < -0.39 is 0 Å². The van der Waals surface area contributed by atoms with Crippen LogP contribution in [0.4, 0.5) is 5.69 Å². The fourth-order valence-electron chi connectivity index (χ4n) is 2.09. The molecular formula is C15H20N4O. The lowest BCUT2D eigenvalue weighted by molar-refractivity contribution is 0.0954. The van der Waals surface area contributed by atoms with Crippen LogP contribution in [0.25, 0.3) is 0 Å². The van der Waals surface area contributed by atoms with Crippen molar-refractivity contribution in [1.29, 1.82) is 0 Å². The van der Waals surface area contributed by atoms with Crippen molar-refractivity contribution in [2.24, 2.45) is 0 Å². The van der Waals surface area contributed by atoms with Gasteiger partial charge in [-0.25, -0.2) is 0 Å². The van der Waals surface area contributed by atoms with Crippen LogP contribution in [0.5, 0.6) is 0 Å². The van der Waals surface area contributed by atoms with Gasteiger partial charge in [0, 0.05) is 17.9 Å². The Morgan fingerprint density at radius 1 is 1.40 bits per heavy atom. The van der Waals surface area contributed by atoms with Crippen molar-refractivity contribution in [2.45, 2.75) is 26.7 Å². The van der Waals surface area contributed by atoms with Crippen molar-refractivity contribution >= 4 is 11.6 Å². The third kappa shape index (κ3) is 3.38. The molecule has 20 heavy (non-hydrogen) atoms. The zero-order valence-electron chi connectivity index (χ0n) is 11.9. The average Bonchev–Trinajstić information content (AvgIpc) is 2.80. The standard InChI is InChI=1S/C15H20N4O/c1-10-5-6-13(14(16)8-10)15(20)17-7-3-4-12-9-18-19-11(12)2/h5-6,8-9H,3-4,7,16H2,1-2H3,(H,17,20)(H,18,19). The number of anilines is 1. The number of carbonyl (C=O) groups is 1. The first kappa shape index (κ1) is 14.1. The van der Waals surface area contributed by atoms with Crippen molar-refractivity contribution in [1.82, 2.24) is 15.5 Å². The fourth-order valence-corrected chi connectivity index (χ4v) is 2.09. The molecule has 0 fully saturated rings. The number of amides is 1. The van der Waals surface area contributed by atoms with E-state index in [1.807, 2.05) is 32.2 Å². The molecule has 0 unspecified atom stereocenters. The summed E-state index contributed by atoms with van der Waals surface area (Å²) in [5.74, 6) is -0.119. The van der Waals surface area contributed by atoms with Gasteiger partial charge in [0.25, 0.3) is 5.91 Å². The van der Waals surface area contributed by atoms with Crippen LogP contribution in [-0.4, -0.2) is 22.6 Å². The molecule has 1 heterocycles. The van der Waals surface area contributed by atoms with Gasteiger partial charge in [0.15, 0.2) is 0 Å². The van der Waals surface area contributed by atoms with Gasteiger partial charge in [-0.1, -0.05) is 6.07 Å². The number of nitrogens with one attached hydrogen (secondary N) is 2. The number of hydrogen-bond donors (Lipinski definition) is 3. The quantitative estimate of drug-likeness (QED) is 0.574. The topological polar surface area (TPSA) is 83.8 Å². The molecule has 2 rings (SSSR count). The number of nitrogen functional groups attached to an aromatic ring is 1. The number of carbonyl (C=O) groups excluding carboxylic acids is 1. The summed E-state index contributed by atoms with van der Waals surface area (Å²) in [6.45, 7) is 4.57. The molecule has 0 aliphatic rings. The van der Waals surface area contributed by atoms with E-state index >= 15 is 0 Å². The summed E-state index contributed by atoms with van der Waals surface area (Å²) in [6.07, 6.45) is 3.60. The summed E-state index contributed by atoms with van der Waals surface area (Å²) in [6, 6.07) is 5.46. The van der Waals surface area contributed by atoms with Gasteiger partial charge >= 0.3 is 0 Å². The maximum Gasteiger partial charge on any atom is 0.253 e. The van der Waals surface area contributed by atoms with Crippen LogP contribution < -0.4 is 11.1 Å². The number of hydrogen-bond acceptors (Lipinski definition) is 3. The predicted octanol–water partition coefficient (Wildman–Crippen LogP) is 1.97. The van der Waals surface area contributed by atoms with Crippen LogP contribution in [0.1, 0.15) is 33.6 Å². The number of aromatic nitrogens is 2. The molecule has 0 saturated carbocycles. The summed E-state index contributed by atoms with van der Waals surface area (Å²) in [7, 11) is 0. The summed E-state index contributed by atoms with van der Waals surface area (Å²) in [5.41, 5.74) is 10.2. The first-order valence-electron chi connectivity index (χ1n) is 6.71. The van der Waals surface area contributed by atoms with E-state index in [1.54, 1.807) is 6.07 Å². The van der Waals surface area contributed by atoms with Crippen molar-refractivity contribution < 1.29 is 4.79 Å². The molecule has 0 radical (unpaired) electrons. The third-order valence-corrected chi connectivity index (χ3v) is 3.29. The van der Waals surface area contributed by atoms with Crippen molar-refractivity contribution in [3.63, 3.8) is 0 Å². The van der Waals surface area contributed by atoms with Gasteiger partial charge < -0.3 is 11.1 Å². The lowest BCUT2D eigenvalue weighted by Crippen LogP contribution is -2.25. The summed E-state index contributed by atoms with van der Waals surface area (Å²) in [5, 5.41) is 9.77. The van der Waals surface area contributed by atoms with E-state index in [-0.39, 0.29) is 5.91 Å². The number of nitrogens with zero attached hydrogens (tertiary/aromatic N) is 1. The largest absolute Gasteiger partial charge is 0.398 e. The minimum absolute atomic E-state index is 0.119. The number of rotatable bonds is 5. The van der Waals surface area contributed by atoms with Crippen LogP contribution in [-0.2, 0) is 6.42 Å². The lowest BCUT2D eigenvalue weighted by Gasteiger charge is -2.08. The number of benzene rings is 1. The molecule has 0 spiro atoms. The molecule has 0 aliphatic heterocycles. The van der Waals surface area contributed by atoms with E-state index in [0.29, 0.717) is 17.8 Å². The van der Waals surface area contributed by atoms with Crippen LogP contribution in [0.2, 0.25) is 0 Å². The monoisotopic (exact) mass is 272 g/mol. The second-order valence-electron chi connectivity index (χ2n) is 4.97. The molecule has 4 N–H and O–H groups in total. The molecule has 5 heteroatoms. The van der Waals surface area contributed by atoms with E-state index in [0.717, 1.165) is 24.1 Å². The molecule has 106 valence electrons. The Balaban J connectivity index is 1.82. The first-order chi connectivity index (χ1) is 9.58. The minimum Gasteiger partial charge on any atom is -0.398 e. The molecule has 0 saturated heterocycles. The molecule has 0 aliphatic carbocycles. The van der Waals surface area contributed by atoms with E-state index in [4.69, 9.17) is 5.73 Å². The Morgan fingerprint density at radius 2 is 2.20 bits per heavy atom. The highest BCUT2D eigenvalue weighted by molar-refractivity contribution is 5.99. The van der Waals surface area contributed by atoms with Gasteiger partial charge in [0.05, 0.1) is 11.8 Å². The van der Waals surface area contributed by atoms with Gasteiger partial charge in [-0.05, 0) is 49.9 Å². The molecule has 1 aromatic heterocycles. The predicted molar refractivity (Wildman–Crippen MR) is 79.6 cm³/mol. The van der Waals surface area contributed by atoms with Gasteiger partial charge in [0.1, 0.15) is 0 Å². The summed E-state index contributed by atoms with van der Waals surface area (Å²) < 4.78 is 0. The zero-order chi connectivity index (χ0) is 14.5. The summed E-state index contributed by atoms with van der Waals surface area (Å²) >= 11 is 0. The second-order valence-corrected chi connectivity index (χ2v) is 4.97. The van der Waals surface area contributed by atoms with Gasteiger partial charge in [-0.3, -0.25) is 9.89 Å². The Kier molecular flexibility index (Phi) is 4.40. The van der Waals surface area contributed by atoms with E-state index in [9.17, 15) is 4.79 Å². The normalized spacial score (nSPS) is 10.5. The Bertz CT molecular complexity index is 604. The second kappa shape index (κ2) is 6.23. The van der Waals surface area contributed by atoms with Crippen molar-refractivity contribution in [3.05, 3.63) is 46.8 Å². The highest BCUT2D eigenvalue weighted by Crippen LogP contribution is 2.13. The SMILES string of the molecule is Cc1ccc(C(=O)NCCCc2cn[nH]c2C)c(N)c1. The fraction of sp³-hybridized carbons (Fsp3) is 0.333. The van der Waals surface area contributed by atoms with Crippen molar-refractivity contribution in [2.75, 3.05) is 12.3 Å². The number of nitrogens with two attached hydrogens (primary N) is 1. The summed E-state index contributed by atoms with van der Waals surface area (Å²) in [4.78, 5) is 12.0. The van der Waals surface area contributed by atoms with Crippen LogP contribution in [0, 0.1) is 13.8 Å². The maximum absolute atomic E-state index is 12.0. The molecule has 1 aromatic carbocycles. The van der Waals surface area contributed by atoms with Crippen LogP contribution >= 0.6 is 0 Å². The molecular weight excluding hydrogens is 252 g/mol. The Hall–Kier alpha value is -2.30. The van der Waals surface area contributed by atoms with Gasteiger partial charge in [-0.15, -0.1) is 0 Å². The Labute approximate surface area is 118 Å². The van der Waals surface area contributed by atoms with Crippen LogP contribution in [0.15, 0.2) is 24.4 Å². The zero-order valence-corrected chi connectivity index (χ0v) is 11.9. The lowest BCUT2D eigenvalue weighted by atomic mass is 10.1. The third-order valence-electron chi connectivity index (χ3n) is 3.29. The average molecular weight is 272 g/mol. The van der Waals surface area contributed by atoms with Crippen LogP contribution in [0.3, 0.4) is 0 Å². The number of aryl methyl sites for hydroxylation is 3. The highest BCUT2D eigenvalue weighted by Gasteiger charge is 2.09. The van der Waals surface area contributed by atoms with Gasteiger partial charge in [-0.2, -0.15) is 5.10 Å². The first-order valence-corrected chi connectivity index (χ1v) is 6.71. The van der Waals surface area contributed by atoms with Crippen molar-refractivity contribution in [3.8, 4) is 0 Å². The Morgan fingerprint density at radius 3 is 2.85 bits per heavy atom. The van der Waals surface area contributed by atoms with Gasteiger partial charge in [0.2, 0.25) is 0 Å². The minimum atomic E-state index is -0.119. The van der Waals surface area contributed by atoms with E-state index in [1.165, 1.54) is 5.56 Å². The van der Waals surface area contributed by atoms with E-state index in [2.05, 4.69) is 15.5 Å². The smallest absolute Gasteiger partial charge is 0.253 e. The molecule has 1 amide bonds.